The lowest BCUT2D eigenvalue weighted by Gasteiger charge is -2.22. The van der Waals surface area contributed by atoms with Crippen molar-refractivity contribution in [1.82, 2.24) is 0 Å². The Morgan fingerprint density at radius 2 is 2.25 bits per heavy atom. The highest BCUT2D eigenvalue weighted by atomic mass is 35.5. The number of aryl methyl sites for hydroxylation is 1. The van der Waals surface area contributed by atoms with Crippen LogP contribution in [0.3, 0.4) is 0 Å². The molecule has 0 aromatic heterocycles. The van der Waals surface area contributed by atoms with E-state index in [1.165, 1.54) is 12.8 Å². The minimum absolute atomic E-state index is 0.0272. The number of thioether (sulfide) groups is 1. The summed E-state index contributed by atoms with van der Waals surface area (Å²) < 4.78 is 0. The van der Waals surface area contributed by atoms with Crippen LogP contribution in [0.1, 0.15) is 31.7 Å². The molecule has 4 nitrogen and oxygen atoms in total. The summed E-state index contributed by atoms with van der Waals surface area (Å²) in [6.45, 7) is 4.05. The summed E-state index contributed by atoms with van der Waals surface area (Å²) in [5.74, 6) is 1.11. The molecule has 0 radical (unpaired) electrons. The van der Waals surface area contributed by atoms with Gasteiger partial charge in [-0.3, -0.25) is 10.1 Å². The van der Waals surface area contributed by atoms with Gasteiger partial charge in [-0.1, -0.05) is 24.9 Å². The van der Waals surface area contributed by atoms with Crippen molar-refractivity contribution in [3.8, 4) is 0 Å². The number of nitrogens with zero attached hydrogens (tertiary/aromatic N) is 1. The average molecular weight is 315 g/mol. The topological polar surface area (TPSA) is 55.2 Å². The first-order valence-electron chi connectivity index (χ1n) is 6.85. The van der Waals surface area contributed by atoms with Crippen LogP contribution in [0.5, 0.6) is 0 Å². The van der Waals surface area contributed by atoms with Gasteiger partial charge < -0.3 is 5.32 Å². The van der Waals surface area contributed by atoms with Gasteiger partial charge in [-0.25, -0.2) is 0 Å². The quantitative estimate of drug-likeness (QED) is 0.635. The minimum Gasteiger partial charge on any atom is -0.381 e. The van der Waals surface area contributed by atoms with Crippen molar-refractivity contribution >= 4 is 34.7 Å². The smallest absolute Gasteiger partial charge is 0.288 e. The molecular formula is C14H19ClN2O2S. The van der Waals surface area contributed by atoms with Crippen LogP contribution in [-0.4, -0.2) is 22.0 Å². The van der Waals surface area contributed by atoms with Gasteiger partial charge in [-0.05, 0) is 37.1 Å². The predicted octanol–water partition coefficient (Wildman–Crippen LogP) is 4.64. The Morgan fingerprint density at radius 3 is 2.90 bits per heavy atom. The standard InChI is InChI=1S/C14H19ClN2O2S/c1-3-20-14-6-4-5-11(14)16-12-8-10(15)13(17(18)19)7-9(12)2/h7-8,11,14,16H,3-6H2,1-2H3. The second-order valence-electron chi connectivity index (χ2n) is 5.05. The van der Waals surface area contributed by atoms with E-state index < -0.39 is 4.92 Å². The molecule has 1 saturated carbocycles. The van der Waals surface area contributed by atoms with E-state index >= 15 is 0 Å². The van der Waals surface area contributed by atoms with E-state index in [1.807, 2.05) is 18.7 Å². The highest BCUT2D eigenvalue weighted by Crippen LogP contribution is 2.35. The molecule has 2 rings (SSSR count). The lowest BCUT2D eigenvalue weighted by molar-refractivity contribution is -0.384. The Labute approximate surface area is 128 Å². The summed E-state index contributed by atoms with van der Waals surface area (Å²) in [5.41, 5.74) is 1.75. The van der Waals surface area contributed by atoms with Crippen LogP contribution in [0.4, 0.5) is 11.4 Å². The van der Waals surface area contributed by atoms with Crippen molar-refractivity contribution in [3.05, 3.63) is 32.8 Å². The van der Waals surface area contributed by atoms with Crippen molar-refractivity contribution in [2.75, 3.05) is 11.1 Å². The van der Waals surface area contributed by atoms with Crippen molar-refractivity contribution in [1.29, 1.82) is 0 Å². The van der Waals surface area contributed by atoms with Crippen LogP contribution in [0, 0.1) is 17.0 Å². The van der Waals surface area contributed by atoms with Gasteiger partial charge in [0.15, 0.2) is 0 Å². The molecule has 2 unspecified atom stereocenters. The van der Waals surface area contributed by atoms with Crippen molar-refractivity contribution < 1.29 is 4.92 Å². The summed E-state index contributed by atoms with van der Waals surface area (Å²) in [7, 11) is 0. The molecular weight excluding hydrogens is 296 g/mol. The van der Waals surface area contributed by atoms with Crippen molar-refractivity contribution in [3.63, 3.8) is 0 Å². The maximum absolute atomic E-state index is 10.9. The Balaban J connectivity index is 2.17. The van der Waals surface area contributed by atoms with E-state index in [9.17, 15) is 10.1 Å². The van der Waals surface area contributed by atoms with Crippen LogP contribution in [-0.2, 0) is 0 Å². The van der Waals surface area contributed by atoms with Gasteiger partial charge in [0.05, 0.1) is 4.92 Å². The molecule has 20 heavy (non-hydrogen) atoms. The van der Waals surface area contributed by atoms with Crippen LogP contribution >= 0.6 is 23.4 Å². The number of hydrogen-bond acceptors (Lipinski definition) is 4. The number of benzene rings is 1. The first kappa shape index (κ1) is 15.4. The summed E-state index contributed by atoms with van der Waals surface area (Å²) >= 11 is 7.97. The molecule has 0 amide bonds. The third kappa shape index (κ3) is 3.38. The van der Waals surface area contributed by atoms with E-state index in [0.29, 0.717) is 11.3 Å². The Morgan fingerprint density at radius 1 is 1.50 bits per heavy atom. The fourth-order valence-corrected chi connectivity index (χ4v) is 4.10. The van der Waals surface area contributed by atoms with E-state index in [-0.39, 0.29) is 10.7 Å². The molecule has 1 aliphatic carbocycles. The Hall–Kier alpha value is -0.940. The molecule has 2 atom stereocenters. The van der Waals surface area contributed by atoms with E-state index in [0.717, 1.165) is 23.4 Å². The zero-order valence-electron chi connectivity index (χ0n) is 11.7. The predicted molar refractivity (Wildman–Crippen MR) is 86.0 cm³/mol. The lowest BCUT2D eigenvalue weighted by Crippen LogP contribution is -2.26. The van der Waals surface area contributed by atoms with Gasteiger partial charge in [0.2, 0.25) is 0 Å². The summed E-state index contributed by atoms with van der Waals surface area (Å²) in [6.07, 6.45) is 3.61. The largest absolute Gasteiger partial charge is 0.381 e. The molecule has 1 N–H and O–H groups in total. The second kappa shape index (κ2) is 6.68. The second-order valence-corrected chi connectivity index (χ2v) is 6.97. The monoisotopic (exact) mass is 314 g/mol. The first-order chi connectivity index (χ1) is 9.52. The maximum atomic E-state index is 10.9. The lowest BCUT2D eigenvalue weighted by atomic mass is 10.1. The fraction of sp³-hybridized carbons (Fsp3) is 0.571. The number of halogens is 1. The summed E-state index contributed by atoms with van der Waals surface area (Å²) in [4.78, 5) is 10.4. The Kier molecular flexibility index (Phi) is 5.16. The number of nitrogens with one attached hydrogen (secondary N) is 1. The molecule has 1 aromatic carbocycles. The number of hydrogen-bond donors (Lipinski definition) is 1. The van der Waals surface area contributed by atoms with Crippen molar-refractivity contribution in [2.45, 2.75) is 44.4 Å². The average Bonchev–Trinajstić information content (AvgIpc) is 2.81. The van der Waals surface area contributed by atoms with Gasteiger partial charge in [-0.2, -0.15) is 11.8 Å². The number of nitro groups is 1. The molecule has 110 valence electrons. The molecule has 1 aromatic rings. The highest BCUT2D eigenvalue weighted by molar-refractivity contribution is 7.99. The third-order valence-electron chi connectivity index (χ3n) is 3.66. The molecule has 0 spiro atoms. The molecule has 0 aliphatic heterocycles. The molecule has 1 aliphatic rings. The third-order valence-corrected chi connectivity index (χ3v) is 5.29. The van der Waals surface area contributed by atoms with E-state index in [4.69, 9.17) is 11.6 Å². The number of rotatable bonds is 5. The minimum atomic E-state index is -0.440. The molecule has 1 fully saturated rings. The van der Waals surface area contributed by atoms with E-state index in [2.05, 4.69) is 12.2 Å². The SMILES string of the molecule is CCSC1CCCC1Nc1cc(Cl)c([N+](=O)[O-])cc1C. The maximum Gasteiger partial charge on any atom is 0.288 e. The molecule has 0 saturated heterocycles. The number of nitro benzene ring substituents is 1. The van der Waals surface area contributed by atoms with Crippen LogP contribution in [0.2, 0.25) is 5.02 Å². The van der Waals surface area contributed by atoms with E-state index in [1.54, 1.807) is 12.1 Å². The first-order valence-corrected chi connectivity index (χ1v) is 8.28. The Bertz CT molecular complexity index is 510. The summed E-state index contributed by atoms with van der Waals surface area (Å²) in [6, 6.07) is 3.65. The van der Waals surface area contributed by atoms with Gasteiger partial charge in [0, 0.05) is 23.0 Å². The van der Waals surface area contributed by atoms with Gasteiger partial charge in [0.1, 0.15) is 5.02 Å². The number of anilines is 1. The normalized spacial score (nSPS) is 21.9. The zero-order chi connectivity index (χ0) is 14.7. The summed E-state index contributed by atoms with van der Waals surface area (Å²) in [5, 5.41) is 15.2. The van der Waals surface area contributed by atoms with Crippen molar-refractivity contribution in [2.24, 2.45) is 0 Å². The fourth-order valence-electron chi connectivity index (χ4n) is 2.67. The van der Waals surface area contributed by atoms with Crippen LogP contribution in [0.15, 0.2) is 12.1 Å². The van der Waals surface area contributed by atoms with Gasteiger partial charge in [-0.15, -0.1) is 0 Å². The molecule has 6 heteroatoms. The molecule has 0 bridgehead atoms. The van der Waals surface area contributed by atoms with Crippen LogP contribution in [0.25, 0.3) is 0 Å². The molecule has 0 heterocycles. The van der Waals surface area contributed by atoms with Gasteiger partial charge >= 0.3 is 0 Å². The zero-order valence-corrected chi connectivity index (χ0v) is 13.3. The highest BCUT2D eigenvalue weighted by Gasteiger charge is 2.27. The van der Waals surface area contributed by atoms with Crippen LogP contribution < -0.4 is 5.32 Å². The van der Waals surface area contributed by atoms with Gasteiger partial charge in [0.25, 0.3) is 5.69 Å².